The summed E-state index contributed by atoms with van der Waals surface area (Å²) in [6, 6.07) is 8.48. The molecule has 0 spiro atoms. The van der Waals surface area contributed by atoms with Crippen molar-refractivity contribution in [2.24, 2.45) is 0 Å². The van der Waals surface area contributed by atoms with Crippen LogP contribution in [0.25, 0.3) is 0 Å². The largest absolute Gasteiger partial charge is 0.392 e. The molecule has 4 nitrogen and oxygen atoms in total. The van der Waals surface area contributed by atoms with E-state index < -0.39 is 25.0 Å². The Morgan fingerprint density at radius 2 is 1.78 bits per heavy atom. The second-order valence-corrected chi connectivity index (χ2v) is 7.37. The fourth-order valence-electron chi connectivity index (χ4n) is 2.54. The van der Waals surface area contributed by atoms with Gasteiger partial charge in [0.1, 0.15) is 0 Å². The Labute approximate surface area is 107 Å². The van der Waals surface area contributed by atoms with Crippen molar-refractivity contribution in [2.45, 2.75) is 43.3 Å². The van der Waals surface area contributed by atoms with Gasteiger partial charge in [-0.1, -0.05) is 43.2 Å². The minimum Gasteiger partial charge on any atom is -0.392 e. The van der Waals surface area contributed by atoms with E-state index in [0.717, 1.165) is 12.8 Å². The Kier molecular flexibility index (Phi) is 4.23. The molecule has 0 saturated heterocycles. The molecule has 4 atom stereocenters. The maximum Gasteiger partial charge on any atom is 0.238 e. The lowest BCUT2D eigenvalue weighted by atomic mass is 9.97. The van der Waals surface area contributed by atoms with E-state index in [9.17, 15) is 19.7 Å². The van der Waals surface area contributed by atoms with Gasteiger partial charge in [-0.25, -0.2) is 0 Å². The van der Waals surface area contributed by atoms with Crippen molar-refractivity contribution >= 4 is 7.37 Å². The van der Waals surface area contributed by atoms with Gasteiger partial charge < -0.3 is 15.1 Å². The van der Waals surface area contributed by atoms with Crippen LogP contribution < -0.4 is 0 Å². The van der Waals surface area contributed by atoms with Crippen LogP contribution in [0.15, 0.2) is 30.3 Å². The quantitative estimate of drug-likeness (QED) is 0.736. The molecule has 1 saturated carbocycles. The van der Waals surface area contributed by atoms with Crippen LogP contribution in [0, 0.1) is 0 Å². The second-order valence-electron chi connectivity index (χ2n) is 4.88. The zero-order chi connectivity index (χ0) is 13.2. The van der Waals surface area contributed by atoms with E-state index in [1.165, 1.54) is 0 Å². The van der Waals surface area contributed by atoms with Crippen molar-refractivity contribution in [3.63, 3.8) is 0 Å². The zero-order valence-electron chi connectivity index (χ0n) is 10.1. The summed E-state index contributed by atoms with van der Waals surface area (Å²) in [6.45, 7) is 0. The number of rotatable bonds is 3. The van der Waals surface area contributed by atoms with Crippen LogP contribution in [0.2, 0.25) is 0 Å². The molecule has 1 fully saturated rings. The maximum absolute atomic E-state index is 12.4. The predicted molar refractivity (Wildman–Crippen MR) is 69.5 cm³/mol. The summed E-state index contributed by atoms with van der Waals surface area (Å²) in [5.41, 5.74) is -0.275. The van der Waals surface area contributed by atoms with E-state index in [-0.39, 0.29) is 0 Å². The van der Waals surface area contributed by atoms with E-state index in [2.05, 4.69) is 0 Å². The molecule has 2 rings (SSSR count). The first-order valence-electron chi connectivity index (χ1n) is 6.26. The summed E-state index contributed by atoms with van der Waals surface area (Å²) in [4.78, 5) is 10.2. The molecule has 0 amide bonds. The summed E-state index contributed by atoms with van der Waals surface area (Å²) in [5.74, 6) is -1.41. The Hall–Kier alpha value is -0.670. The summed E-state index contributed by atoms with van der Waals surface area (Å²) in [7, 11) is -3.83. The van der Waals surface area contributed by atoms with Crippen molar-refractivity contribution < 1.29 is 19.7 Å². The highest BCUT2D eigenvalue weighted by molar-refractivity contribution is 7.59. The van der Waals surface area contributed by atoms with Crippen molar-refractivity contribution in [1.82, 2.24) is 0 Å². The minimum absolute atomic E-state index is 0.432. The van der Waals surface area contributed by atoms with Gasteiger partial charge in [0, 0.05) is 0 Å². The van der Waals surface area contributed by atoms with E-state index in [4.69, 9.17) is 0 Å². The summed E-state index contributed by atoms with van der Waals surface area (Å²) >= 11 is 0. The van der Waals surface area contributed by atoms with Crippen LogP contribution in [0.5, 0.6) is 0 Å². The molecule has 0 heterocycles. The van der Waals surface area contributed by atoms with Crippen LogP contribution in [0.1, 0.15) is 37.1 Å². The maximum atomic E-state index is 12.4. The Morgan fingerprint density at radius 1 is 1.17 bits per heavy atom. The summed E-state index contributed by atoms with van der Waals surface area (Å²) in [5, 5.41) is 20.0. The molecule has 0 aliphatic heterocycles. The molecular formula is C13H19O4P. The molecule has 1 aliphatic rings. The molecule has 3 N–H and O–H groups in total. The van der Waals surface area contributed by atoms with Gasteiger partial charge in [0.15, 0.2) is 5.85 Å². The van der Waals surface area contributed by atoms with Crippen LogP contribution in [0.3, 0.4) is 0 Å². The van der Waals surface area contributed by atoms with Crippen molar-refractivity contribution in [2.75, 3.05) is 0 Å². The SMILES string of the molecule is O=P(O)([C@H](O)c1ccccc1)[C@H]1CCCC[C@H]1O. The van der Waals surface area contributed by atoms with Gasteiger partial charge in [-0.15, -0.1) is 0 Å². The standard InChI is InChI=1S/C13H19O4P/c14-11-8-4-5-9-12(11)18(16,17)13(15)10-6-2-1-3-7-10/h1-3,6-7,11-15H,4-5,8-9H2,(H,16,17)/t11-,12+,13+/m1/s1. The van der Waals surface area contributed by atoms with E-state index >= 15 is 0 Å². The van der Waals surface area contributed by atoms with Gasteiger partial charge in [0.2, 0.25) is 7.37 Å². The van der Waals surface area contributed by atoms with Crippen LogP contribution >= 0.6 is 7.37 Å². The van der Waals surface area contributed by atoms with Crippen LogP contribution in [-0.4, -0.2) is 26.9 Å². The van der Waals surface area contributed by atoms with Crippen LogP contribution in [-0.2, 0) is 4.57 Å². The molecule has 1 unspecified atom stereocenters. The summed E-state index contributed by atoms with van der Waals surface area (Å²) in [6.07, 6.45) is 1.95. The number of aliphatic hydroxyl groups is 2. The van der Waals surface area contributed by atoms with Gasteiger partial charge in [0.25, 0.3) is 0 Å². The normalized spacial score (nSPS) is 29.5. The molecule has 1 aromatic rings. The third kappa shape index (κ3) is 2.67. The van der Waals surface area contributed by atoms with Gasteiger partial charge in [-0.3, -0.25) is 4.57 Å². The Bertz CT molecular complexity index is 434. The fraction of sp³-hybridized carbons (Fsp3) is 0.538. The van der Waals surface area contributed by atoms with E-state index in [0.29, 0.717) is 18.4 Å². The lowest BCUT2D eigenvalue weighted by Crippen LogP contribution is -2.31. The number of benzene rings is 1. The first kappa shape index (κ1) is 13.8. The van der Waals surface area contributed by atoms with Gasteiger partial charge in [-0.2, -0.15) is 0 Å². The van der Waals surface area contributed by atoms with Crippen molar-refractivity contribution in [1.29, 1.82) is 0 Å². The first-order valence-corrected chi connectivity index (χ1v) is 8.06. The smallest absolute Gasteiger partial charge is 0.238 e. The molecular weight excluding hydrogens is 251 g/mol. The van der Waals surface area contributed by atoms with E-state index in [1.807, 2.05) is 0 Å². The molecule has 18 heavy (non-hydrogen) atoms. The molecule has 0 aromatic heterocycles. The lowest BCUT2D eigenvalue weighted by molar-refractivity contribution is 0.122. The van der Waals surface area contributed by atoms with Gasteiger partial charge in [0.05, 0.1) is 11.8 Å². The van der Waals surface area contributed by atoms with Crippen molar-refractivity contribution in [3.8, 4) is 0 Å². The molecule has 0 radical (unpaired) electrons. The topological polar surface area (TPSA) is 77.8 Å². The minimum atomic E-state index is -3.83. The Morgan fingerprint density at radius 3 is 2.39 bits per heavy atom. The number of hydrogen-bond acceptors (Lipinski definition) is 3. The van der Waals surface area contributed by atoms with E-state index in [1.54, 1.807) is 30.3 Å². The molecule has 1 aromatic carbocycles. The average Bonchev–Trinajstić information content (AvgIpc) is 2.39. The predicted octanol–water partition coefficient (Wildman–Crippen LogP) is 2.25. The molecule has 0 bridgehead atoms. The molecule has 5 heteroatoms. The summed E-state index contributed by atoms with van der Waals surface area (Å²) < 4.78 is 12.4. The zero-order valence-corrected chi connectivity index (χ0v) is 11.0. The lowest BCUT2D eigenvalue weighted by Gasteiger charge is -2.33. The highest BCUT2D eigenvalue weighted by Gasteiger charge is 2.43. The van der Waals surface area contributed by atoms with Gasteiger partial charge in [-0.05, 0) is 18.4 Å². The second kappa shape index (κ2) is 5.54. The van der Waals surface area contributed by atoms with Gasteiger partial charge >= 0.3 is 0 Å². The Balaban J connectivity index is 2.22. The molecule has 100 valence electrons. The third-order valence-electron chi connectivity index (χ3n) is 3.62. The monoisotopic (exact) mass is 270 g/mol. The first-order chi connectivity index (χ1) is 8.53. The fourth-order valence-corrected chi connectivity index (χ4v) is 4.70. The average molecular weight is 270 g/mol. The number of aliphatic hydroxyl groups excluding tert-OH is 2. The highest BCUT2D eigenvalue weighted by atomic mass is 31.2. The highest BCUT2D eigenvalue weighted by Crippen LogP contribution is 2.61. The van der Waals surface area contributed by atoms with Crippen molar-refractivity contribution in [3.05, 3.63) is 35.9 Å². The van der Waals surface area contributed by atoms with Crippen LogP contribution in [0.4, 0.5) is 0 Å². The number of hydrogen-bond donors (Lipinski definition) is 3. The third-order valence-corrected chi connectivity index (χ3v) is 6.17. The molecule has 1 aliphatic carbocycles.